The van der Waals surface area contributed by atoms with Gasteiger partial charge >= 0.3 is 0 Å². The molecule has 1 heterocycles. The largest absolute Gasteiger partial charge is 0.340 e. The fourth-order valence-corrected chi connectivity index (χ4v) is 4.02. The van der Waals surface area contributed by atoms with Gasteiger partial charge in [0.15, 0.2) is 9.84 Å². The van der Waals surface area contributed by atoms with Gasteiger partial charge in [-0.05, 0) is 48.2 Å². The van der Waals surface area contributed by atoms with E-state index in [0.29, 0.717) is 30.6 Å². The zero-order valence-electron chi connectivity index (χ0n) is 16.1. The van der Waals surface area contributed by atoms with E-state index in [1.807, 2.05) is 4.90 Å². The quantitative estimate of drug-likeness (QED) is 0.831. The van der Waals surface area contributed by atoms with Crippen molar-refractivity contribution in [1.82, 2.24) is 10.2 Å². The van der Waals surface area contributed by atoms with E-state index < -0.39 is 15.8 Å². The number of carbonyl (C=O) groups excluding carboxylic acids is 1. The lowest BCUT2D eigenvalue weighted by atomic mass is 9.90. The van der Waals surface area contributed by atoms with E-state index in [-0.39, 0.29) is 16.6 Å². The molecule has 1 aliphatic heterocycles. The van der Waals surface area contributed by atoms with Crippen LogP contribution in [0.2, 0.25) is 0 Å². The molecule has 28 heavy (non-hydrogen) atoms. The first-order chi connectivity index (χ1) is 13.3. The fourth-order valence-electron chi connectivity index (χ4n) is 3.39. The van der Waals surface area contributed by atoms with Gasteiger partial charge in [0.2, 0.25) is 5.91 Å². The summed E-state index contributed by atoms with van der Waals surface area (Å²) >= 11 is 0. The molecule has 0 radical (unpaired) electrons. The van der Waals surface area contributed by atoms with E-state index in [0.717, 1.165) is 24.9 Å². The lowest BCUT2D eigenvalue weighted by Gasteiger charge is -2.31. The molecule has 1 amide bonds. The summed E-state index contributed by atoms with van der Waals surface area (Å²) in [5.74, 6) is -0.878. The summed E-state index contributed by atoms with van der Waals surface area (Å²) in [6, 6.07) is 11.5. The number of amides is 1. The number of hydrogen-bond donors (Lipinski definition) is 1. The molecule has 1 N–H and O–H groups in total. The van der Waals surface area contributed by atoms with Gasteiger partial charge < -0.3 is 10.2 Å². The van der Waals surface area contributed by atoms with Crippen LogP contribution in [-0.4, -0.2) is 51.7 Å². The van der Waals surface area contributed by atoms with Crippen molar-refractivity contribution in [3.8, 4) is 0 Å². The standard InChI is InChI=1S/C21H25FN2O3S/c1-15-3-6-17(14-20(15)22)19(21(25)24-11-9-23-10-12-24)13-16-4-7-18(8-5-16)28(2,26)27/h3-8,14,19,23H,9-13H2,1-2H3/t19-/m1/s1. The van der Waals surface area contributed by atoms with Crippen LogP contribution in [0.4, 0.5) is 4.39 Å². The van der Waals surface area contributed by atoms with Crippen LogP contribution >= 0.6 is 0 Å². The van der Waals surface area contributed by atoms with E-state index in [9.17, 15) is 17.6 Å². The van der Waals surface area contributed by atoms with Gasteiger partial charge in [0.05, 0.1) is 10.8 Å². The molecule has 7 heteroatoms. The van der Waals surface area contributed by atoms with Crippen LogP contribution in [0, 0.1) is 12.7 Å². The number of benzene rings is 2. The summed E-state index contributed by atoms with van der Waals surface area (Å²) in [6.45, 7) is 4.41. The number of nitrogens with zero attached hydrogens (tertiary/aromatic N) is 1. The Balaban J connectivity index is 1.91. The third-order valence-corrected chi connectivity index (χ3v) is 6.24. The smallest absolute Gasteiger partial charge is 0.230 e. The summed E-state index contributed by atoms with van der Waals surface area (Å²) in [6.07, 6.45) is 1.54. The van der Waals surface area contributed by atoms with Crippen molar-refractivity contribution in [3.63, 3.8) is 0 Å². The minimum atomic E-state index is -3.28. The molecule has 1 aliphatic rings. The second-order valence-electron chi connectivity index (χ2n) is 7.26. The SMILES string of the molecule is Cc1ccc([C@@H](Cc2ccc(S(C)(=O)=O)cc2)C(=O)N2CCNCC2)cc1F. The monoisotopic (exact) mass is 404 g/mol. The Hall–Kier alpha value is -2.25. The van der Waals surface area contributed by atoms with Gasteiger partial charge in [0, 0.05) is 32.4 Å². The summed E-state index contributed by atoms with van der Waals surface area (Å²) in [7, 11) is -3.28. The second-order valence-corrected chi connectivity index (χ2v) is 9.27. The molecule has 3 rings (SSSR count). The fraction of sp³-hybridized carbons (Fsp3) is 0.381. The third-order valence-electron chi connectivity index (χ3n) is 5.12. The van der Waals surface area contributed by atoms with Gasteiger partial charge in [0.1, 0.15) is 5.82 Å². The van der Waals surface area contributed by atoms with Gasteiger partial charge in [0.25, 0.3) is 0 Å². The molecule has 2 aromatic rings. The lowest BCUT2D eigenvalue weighted by Crippen LogP contribution is -2.48. The number of carbonyl (C=O) groups is 1. The zero-order valence-corrected chi connectivity index (χ0v) is 16.9. The molecule has 0 saturated carbocycles. The van der Waals surface area contributed by atoms with E-state index >= 15 is 0 Å². The Bertz CT molecular complexity index is 952. The third kappa shape index (κ3) is 4.77. The first-order valence-electron chi connectivity index (χ1n) is 9.30. The van der Waals surface area contributed by atoms with Crippen molar-refractivity contribution in [2.24, 2.45) is 0 Å². The highest BCUT2D eigenvalue weighted by Crippen LogP contribution is 2.26. The van der Waals surface area contributed by atoms with Crippen LogP contribution in [0.3, 0.4) is 0 Å². The van der Waals surface area contributed by atoms with Gasteiger partial charge in [-0.15, -0.1) is 0 Å². The molecule has 1 atom stereocenters. The van der Waals surface area contributed by atoms with Crippen LogP contribution < -0.4 is 5.32 Å². The topological polar surface area (TPSA) is 66.5 Å². The van der Waals surface area contributed by atoms with Crippen molar-refractivity contribution in [3.05, 3.63) is 65.0 Å². The number of sulfone groups is 1. The van der Waals surface area contributed by atoms with Crippen molar-refractivity contribution >= 4 is 15.7 Å². The maximum atomic E-state index is 14.2. The van der Waals surface area contributed by atoms with Crippen molar-refractivity contribution < 1.29 is 17.6 Å². The first kappa shape index (κ1) is 20.5. The van der Waals surface area contributed by atoms with E-state index in [1.165, 1.54) is 6.07 Å². The zero-order chi connectivity index (χ0) is 20.3. The lowest BCUT2D eigenvalue weighted by molar-refractivity contribution is -0.133. The van der Waals surface area contributed by atoms with Gasteiger partial charge in [-0.2, -0.15) is 0 Å². The highest BCUT2D eigenvalue weighted by molar-refractivity contribution is 7.90. The van der Waals surface area contributed by atoms with Crippen LogP contribution in [0.1, 0.15) is 22.6 Å². The van der Waals surface area contributed by atoms with Crippen LogP contribution in [0.25, 0.3) is 0 Å². The Morgan fingerprint density at radius 1 is 1.14 bits per heavy atom. The molecule has 1 saturated heterocycles. The van der Waals surface area contributed by atoms with Gasteiger partial charge in [-0.1, -0.05) is 24.3 Å². The molecule has 0 aliphatic carbocycles. The summed E-state index contributed by atoms with van der Waals surface area (Å²) in [5.41, 5.74) is 2.01. The molecule has 1 fully saturated rings. The van der Waals surface area contributed by atoms with Crippen molar-refractivity contribution in [1.29, 1.82) is 0 Å². The van der Waals surface area contributed by atoms with Crippen LogP contribution in [0.15, 0.2) is 47.4 Å². The van der Waals surface area contributed by atoms with E-state index in [1.54, 1.807) is 43.3 Å². The summed E-state index contributed by atoms with van der Waals surface area (Å²) < 4.78 is 37.5. The highest BCUT2D eigenvalue weighted by Gasteiger charge is 2.27. The van der Waals surface area contributed by atoms with Crippen molar-refractivity contribution in [2.75, 3.05) is 32.4 Å². The Labute approximate surface area is 165 Å². The van der Waals surface area contributed by atoms with E-state index in [2.05, 4.69) is 5.32 Å². The molecule has 0 unspecified atom stereocenters. The maximum absolute atomic E-state index is 14.2. The summed E-state index contributed by atoms with van der Waals surface area (Å²) in [4.78, 5) is 15.3. The second kappa shape index (κ2) is 8.41. The van der Waals surface area contributed by atoms with Gasteiger partial charge in [-0.25, -0.2) is 12.8 Å². The van der Waals surface area contributed by atoms with Crippen LogP contribution in [-0.2, 0) is 21.1 Å². The maximum Gasteiger partial charge on any atom is 0.230 e. The normalized spacial score (nSPS) is 16.0. The van der Waals surface area contributed by atoms with Crippen LogP contribution in [0.5, 0.6) is 0 Å². The number of aryl methyl sites for hydroxylation is 1. The highest BCUT2D eigenvalue weighted by atomic mass is 32.2. The van der Waals surface area contributed by atoms with E-state index in [4.69, 9.17) is 0 Å². The minimum Gasteiger partial charge on any atom is -0.340 e. The molecule has 0 bridgehead atoms. The predicted molar refractivity (Wildman–Crippen MR) is 107 cm³/mol. The molecule has 150 valence electrons. The molecule has 5 nitrogen and oxygen atoms in total. The Morgan fingerprint density at radius 2 is 1.79 bits per heavy atom. The molecular weight excluding hydrogens is 379 g/mol. The predicted octanol–water partition coefficient (Wildman–Crippen LogP) is 2.30. The molecule has 2 aromatic carbocycles. The minimum absolute atomic E-state index is 0.0306. The average Bonchev–Trinajstić information content (AvgIpc) is 2.68. The van der Waals surface area contributed by atoms with Crippen molar-refractivity contribution in [2.45, 2.75) is 24.2 Å². The first-order valence-corrected chi connectivity index (χ1v) is 11.2. The number of piperazine rings is 1. The number of halogens is 1. The van der Waals surface area contributed by atoms with Gasteiger partial charge in [-0.3, -0.25) is 4.79 Å². The Kier molecular flexibility index (Phi) is 6.15. The number of rotatable bonds is 5. The summed E-state index contributed by atoms with van der Waals surface area (Å²) in [5, 5.41) is 3.22. The molecule has 0 aromatic heterocycles. The number of nitrogens with one attached hydrogen (secondary N) is 1. The Morgan fingerprint density at radius 3 is 2.36 bits per heavy atom. The average molecular weight is 405 g/mol. The number of hydrogen-bond acceptors (Lipinski definition) is 4. The molecule has 0 spiro atoms. The molecular formula is C21H25FN2O3S.